The van der Waals surface area contributed by atoms with Gasteiger partial charge in [0.15, 0.2) is 0 Å². The van der Waals surface area contributed by atoms with Crippen molar-refractivity contribution in [3.05, 3.63) is 52.5 Å². The number of aryl methyl sites for hydroxylation is 1. The minimum atomic E-state index is -0.672. The van der Waals surface area contributed by atoms with Gasteiger partial charge in [0.2, 0.25) is 0 Å². The molecule has 90 valence electrons. The van der Waals surface area contributed by atoms with Gasteiger partial charge >= 0.3 is 0 Å². The van der Waals surface area contributed by atoms with E-state index in [-0.39, 0.29) is 0 Å². The number of halogens is 1. The molecule has 4 heteroatoms. The van der Waals surface area contributed by atoms with E-state index in [4.69, 9.17) is 0 Å². The Bertz CT molecular complexity index is 496. The monoisotopic (exact) mass is 294 g/mol. The maximum absolute atomic E-state index is 10.3. The molecule has 0 saturated carbocycles. The molecule has 3 nitrogen and oxygen atoms in total. The summed E-state index contributed by atoms with van der Waals surface area (Å²) in [5.41, 5.74) is 0.850. The van der Waals surface area contributed by atoms with Gasteiger partial charge in [-0.15, -0.1) is 0 Å². The average Bonchev–Trinajstić information content (AvgIpc) is 2.77. The zero-order valence-corrected chi connectivity index (χ0v) is 11.3. The summed E-state index contributed by atoms with van der Waals surface area (Å²) in [6, 6.07) is 7.67. The Morgan fingerprint density at radius 2 is 2.29 bits per heavy atom. The van der Waals surface area contributed by atoms with Crippen molar-refractivity contribution < 1.29 is 5.11 Å². The molecule has 0 aliphatic carbocycles. The number of aromatic nitrogens is 2. The number of rotatable bonds is 4. The number of aliphatic hydroxyl groups is 1. The zero-order valence-electron chi connectivity index (χ0n) is 9.68. The van der Waals surface area contributed by atoms with Crippen LogP contribution in [0.2, 0.25) is 0 Å². The molecule has 17 heavy (non-hydrogen) atoms. The SMILES string of the molecule is CCCn1ccnc1C(O)c1cccc(Br)c1. The van der Waals surface area contributed by atoms with E-state index in [0.717, 1.165) is 23.0 Å². The lowest BCUT2D eigenvalue weighted by Crippen LogP contribution is -2.09. The number of hydrogen-bond acceptors (Lipinski definition) is 2. The lowest BCUT2D eigenvalue weighted by molar-refractivity contribution is 0.204. The average molecular weight is 295 g/mol. The summed E-state index contributed by atoms with van der Waals surface area (Å²) in [6.45, 7) is 2.98. The standard InChI is InChI=1S/C13H15BrN2O/c1-2-7-16-8-6-15-13(16)12(17)10-4-3-5-11(14)9-10/h3-6,8-9,12,17H,2,7H2,1H3. The number of benzene rings is 1. The van der Waals surface area contributed by atoms with Crippen LogP contribution in [0.4, 0.5) is 0 Å². The van der Waals surface area contributed by atoms with Gasteiger partial charge in [-0.1, -0.05) is 35.0 Å². The van der Waals surface area contributed by atoms with Crippen LogP contribution in [-0.4, -0.2) is 14.7 Å². The number of aliphatic hydroxyl groups excluding tert-OH is 1. The van der Waals surface area contributed by atoms with Gasteiger partial charge in [0.05, 0.1) is 0 Å². The van der Waals surface area contributed by atoms with E-state index in [9.17, 15) is 5.11 Å². The highest BCUT2D eigenvalue weighted by Crippen LogP contribution is 2.23. The molecule has 1 heterocycles. The van der Waals surface area contributed by atoms with Crippen LogP contribution in [0, 0.1) is 0 Å². The molecule has 0 bridgehead atoms. The summed E-state index contributed by atoms with van der Waals surface area (Å²) in [6.07, 6.45) is 3.98. The van der Waals surface area contributed by atoms with Crippen LogP contribution in [-0.2, 0) is 6.54 Å². The van der Waals surface area contributed by atoms with Crippen LogP contribution in [0.3, 0.4) is 0 Å². The van der Waals surface area contributed by atoms with Crippen molar-refractivity contribution >= 4 is 15.9 Å². The third-order valence-electron chi connectivity index (χ3n) is 2.62. The van der Waals surface area contributed by atoms with Crippen molar-refractivity contribution in [3.8, 4) is 0 Å². The molecule has 0 amide bonds. The van der Waals surface area contributed by atoms with E-state index < -0.39 is 6.10 Å². The van der Waals surface area contributed by atoms with Crippen LogP contribution in [0.25, 0.3) is 0 Å². The topological polar surface area (TPSA) is 38.0 Å². The minimum absolute atomic E-state index is 0.672. The van der Waals surface area contributed by atoms with Gasteiger partial charge < -0.3 is 9.67 Å². The highest BCUT2D eigenvalue weighted by Gasteiger charge is 2.15. The van der Waals surface area contributed by atoms with Crippen LogP contribution in [0.1, 0.15) is 30.8 Å². The largest absolute Gasteiger partial charge is 0.380 e. The fourth-order valence-electron chi connectivity index (χ4n) is 1.82. The molecule has 0 radical (unpaired) electrons. The van der Waals surface area contributed by atoms with Crippen LogP contribution >= 0.6 is 15.9 Å². The van der Waals surface area contributed by atoms with Gasteiger partial charge in [0, 0.05) is 23.4 Å². The predicted octanol–water partition coefficient (Wildman–Crippen LogP) is 3.14. The summed E-state index contributed by atoms with van der Waals surface area (Å²) in [5, 5.41) is 10.3. The molecule has 0 aliphatic rings. The Labute approximate surface area is 109 Å². The first-order valence-corrected chi connectivity index (χ1v) is 6.46. The second kappa shape index (κ2) is 5.47. The molecule has 1 aromatic heterocycles. The first kappa shape index (κ1) is 12.3. The lowest BCUT2D eigenvalue weighted by Gasteiger charge is -2.13. The first-order valence-electron chi connectivity index (χ1n) is 5.67. The highest BCUT2D eigenvalue weighted by molar-refractivity contribution is 9.10. The predicted molar refractivity (Wildman–Crippen MR) is 70.7 cm³/mol. The molecule has 2 aromatic rings. The van der Waals surface area contributed by atoms with E-state index in [1.54, 1.807) is 6.20 Å². The van der Waals surface area contributed by atoms with Gasteiger partial charge in [-0.3, -0.25) is 0 Å². The van der Waals surface area contributed by atoms with Crippen molar-refractivity contribution in [2.45, 2.75) is 26.0 Å². The Balaban J connectivity index is 2.30. The fraction of sp³-hybridized carbons (Fsp3) is 0.308. The van der Waals surface area contributed by atoms with Crippen LogP contribution in [0.5, 0.6) is 0 Å². The number of nitrogens with zero attached hydrogens (tertiary/aromatic N) is 2. The van der Waals surface area contributed by atoms with Crippen molar-refractivity contribution in [1.82, 2.24) is 9.55 Å². The molecular formula is C13H15BrN2O. The van der Waals surface area contributed by atoms with Crippen molar-refractivity contribution in [2.75, 3.05) is 0 Å². The minimum Gasteiger partial charge on any atom is -0.380 e. The molecule has 0 aliphatic heterocycles. The summed E-state index contributed by atoms with van der Waals surface area (Å²) in [4.78, 5) is 4.24. The molecule has 1 N–H and O–H groups in total. The van der Waals surface area contributed by atoms with Gasteiger partial charge in [-0.25, -0.2) is 4.98 Å². The van der Waals surface area contributed by atoms with Crippen molar-refractivity contribution in [2.24, 2.45) is 0 Å². The van der Waals surface area contributed by atoms with E-state index >= 15 is 0 Å². The molecule has 1 atom stereocenters. The van der Waals surface area contributed by atoms with E-state index in [2.05, 4.69) is 27.8 Å². The summed E-state index contributed by atoms with van der Waals surface area (Å²) in [5.74, 6) is 0.699. The quantitative estimate of drug-likeness (QED) is 0.941. The third-order valence-corrected chi connectivity index (χ3v) is 3.11. The highest BCUT2D eigenvalue weighted by atomic mass is 79.9. The van der Waals surface area contributed by atoms with Crippen LogP contribution < -0.4 is 0 Å². The van der Waals surface area contributed by atoms with Gasteiger partial charge in [0.25, 0.3) is 0 Å². The molecule has 0 spiro atoms. The zero-order chi connectivity index (χ0) is 12.3. The van der Waals surface area contributed by atoms with Crippen molar-refractivity contribution in [1.29, 1.82) is 0 Å². The molecule has 0 saturated heterocycles. The fourth-order valence-corrected chi connectivity index (χ4v) is 2.24. The Hall–Kier alpha value is -1.13. The molecule has 2 rings (SSSR count). The Morgan fingerprint density at radius 1 is 1.47 bits per heavy atom. The number of hydrogen-bond donors (Lipinski definition) is 1. The van der Waals surface area contributed by atoms with Gasteiger partial charge in [0.1, 0.15) is 11.9 Å². The Morgan fingerprint density at radius 3 is 3.00 bits per heavy atom. The van der Waals surface area contributed by atoms with Gasteiger partial charge in [-0.05, 0) is 24.1 Å². The molecule has 1 unspecified atom stereocenters. The number of imidazole rings is 1. The normalized spacial score (nSPS) is 12.6. The smallest absolute Gasteiger partial charge is 0.142 e. The maximum atomic E-state index is 10.3. The third kappa shape index (κ3) is 2.76. The molecular weight excluding hydrogens is 280 g/mol. The van der Waals surface area contributed by atoms with Gasteiger partial charge in [-0.2, -0.15) is 0 Å². The first-order chi connectivity index (χ1) is 8.22. The van der Waals surface area contributed by atoms with Crippen molar-refractivity contribution in [3.63, 3.8) is 0 Å². The van der Waals surface area contributed by atoms with E-state index in [0.29, 0.717) is 5.82 Å². The van der Waals surface area contributed by atoms with E-state index in [1.165, 1.54) is 0 Å². The molecule has 1 aromatic carbocycles. The second-order valence-electron chi connectivity index (χ2n) is 3.94. The Kier molecular flexibility index (Phi) is 3.97. The molecule has 0 fully saturated rings. The lowest BCUT2D eigenvalue weighted by atomic mass is 10.1. The summed E-state index contributed by atoms with van der Waals surface area (Å²) < 4.78 is 2.95. The van der Waals surface area contributed by atoms with E-state index in [1.807, 2.05) is 35.0 Å². The summed E-state index contributed by atoms with van der Waals surface area (Å²) in [7, 11) is 0. The second-order valence-corrected chi connectivity index (χ2v) is 4.85. The summed E-state index contributed by atoms with van der Waals surface area (Å²) >= 11 is 3.40. The maximum Gasteiger partial charge on any atom is 0.142 e. The van der Waals surface area contributed by atoms with Crippen LogP contribution in [0.15, 0.2) is 41.1 Å².